The molecule has 3 heterocycles. The van der Waals surface area contributed by atoms with Crippen LogP contribution in [0.5, 0.6) is 0 Å². The number of ether oxygens (including phenoxy) is 1. The van der Waals surface area contributed by atoms with Crippen LogP contribution in [0.4, 0.5) is 10.7 Å². The molecule has 0 atom stereocenters. The number of nitrogens with zero attached hydrogens (tertiary/aromatic N) is 4. The van der Waals surface area contributed by atoms with Crippen molar-refractivity contribution in [3.05, 3.63) is 16.9 Å². The molecule has 0 bridgehead atoms. The SMILES string of the molecule is CC(C)(C)OC(=O)N1CCC(C2CCN(c3ncc(Br)cn3)CC2)CC1. The third kappa shape index (κ3) is 5.09. The fourth-order valence-electron chi connectivity index (χ4n) is 3.92. The molecule has 1 aromatic rings. The molecule has 0 unspecified atom stereocenters. The molecule has 0 spiro atoms. The summed E-state index contributed by atoms with van der Waals surface area (Å²) in [5, 5.41) is 0. The van der Waals surface area contributed by atoms with Crippen LogP contribution < -0.4 is 4.90 Å². The lowest BCUT2D eigenvalue weighted by molar-refractivity contribution is 0.0152. The molecule has 0 saturated carbocycles. The first kappa shape index (κ1) is 19.4. The van der Waals surface area contributed by atoms with Crippen LogP contribution >= 0.6 is 15.9 Å². The van der Waals surface area contributed by atoms with Crippen LogP contribution in [0.15, 0.2) is 16.9 Å². The van der Waals surface area contributed by atoms with E-state index >= 15 is 0 Å². The molecule has 0 radical (unpaired) electrons. The average Bonchev–Trinajstić information content (AvgIpc) is 2.61. The number of carbonyl (C=O) groups excluding carboxylic acids is 1. The predicted octanol–water partition coefficient (Wildman–Crippen LogP) is 4.10. The number of carbonyl (C=O) groups is 1. The Balaban J connectivity index is 1.45. The fourth-order valence-corrected chi connectivity index (χ4v) is 4.12. The average molecular weight is 425 g/mol. The zero-order valence-electron chi connectivity index (χ0n) is 15.9. The van der Waals surface area contributed by atoms with Gasteiger partial charge in [-0.2, -0.15) is 0 Å². The lowest BCUT2D eigenvalue weighted by Gasteiger charge is -2.40. The highest BCUT2D eigenvalue weighted by Gasteiger charge is 2.32. The highest BCUT2D eigenvalue weighted by Crippen LogP contribution is 2.33. The fraction of sp³-hybridized carbons (Fsp3) is 0.737. The van der Waals surface area contributed by atoms with E-state index in [-0.39, 0.29) is 6.09 Å². The number of likely N-dealkylation sites (tertiary alicyclic amines) is 1. The van der Waals surface area contributed by atoms with Crippen molar-refractivity contribution in [2.45, 2.75) is 52.1 Å². The van der Waals surface area contributed by atoms with Gasteiger partial charge in [-0.15, -0.1) is 0 Å². The maximum atomic E-state index is 12.2. The van der Waals surface area contributed by atoms with Gasteiger partial charge in [0.25, 0.3) is 0 Å². The molecule has 2 fully saturated rings. The van der Waals surface area contributed by atoms with E-state index in [1.165, 1.54) is 12.8 Å². The summed E-state index contributed by atoms with van der Waals surface area (Å²) >= 11 is 3.38. The second-order valence-corrected chi connectivity index (χ2v) is 9.25. The number of rotatable bonds is 2. The summed E-state index contributed by atoms with van der Waals surface area (Å²) in [6.45, 7) is 9.41. The molecule has 26 heavy (non-hydrogen) atoms. The minimum absolute atomic E-state index is 0.168. The molecule has 1 aromatic heterocycles. The molecular weight excluding hydrogens is 396 g/mol. The molecule has 0 aromatic carbocycles. The summed E-state index contributed by atoms with van der Waals surface area (Å²) in [7, 11) is 0. The molecule has 3 rings (SSSR count). The smallest absolute Gasteiger partial charge is 0.410 e. The Morgan fingerprint density at radius 1 is 1.04 bits per heavy atom. The number of anilines is 1. The van der Waals surface area contributed by atoms with E-state index in [0.29, 0.717) is 5.92 Å². The van der Waals surface area contributed by atoms with E-state index in [4.69, 9.17) is 4.74 Å². The highest BCUT2D eigenvalue weighted by molar-refractivity contribution is 9.10. The summed E-state index contributed by atoms with van der Waals surface area (Å²) in [4.78, 5) is 25.2. The van der Waals surface area contributed by atoms with Gasteiger partial charge >= 0.3 is 6.09 Å². The first-order chi connectivity index (χ1) is 12.3. The van der Waals surface area contributed by atoms with Crippen molar-refractivity contribution in [3.63, 3.8) is 0 Å². The van der Waals surface area contributed by atoms with Crippen molar-refractivity contribution in [2.75, 3.05) is 31.1 Å². The number of halogens is 1. The highest BCUT2D eigenvalue weighted by atomic mass is 79.9. The van der Waals surface area contributed by atoms with Gasteiger partial charge in [-0.3, -0.25) is 0 Å². The van der Waals surface area contributed by atoms with Gasteiger partial charge in [-0.05, 0) is 74.2 Å². The van der Waals surface area contributed by atoms with E-state index in [1.807, 2.05) is 25.7 Å². The first-order valence-electron chi connectivity index (χ1n) is 9.52. The monoisotopic (exact) mass is 424 g/mol. The second-order valence-electron chi connectivity index (χ2n) is 8.33. The third-order valence-corrected chi connectivity index (χ3v) is 5.70. The number of aromatic nitrogens is 2. The van der Waals surface area contributed by atoms with Gasteiger partial charge in [0.1, 0.15) is 5.60 Å². The lowest BCUT2D eigenvalue weighted by atomic mass is 9.79. The van der Waals surface area contributed by atoms with Crippen molar-refractivity contribution in [3.8, 4) is 0 Å². The van der Waals surface area contributed by atoms with Gasteiger partial charge in [0.05, 0.1) is 4.47 Å². The van der Waals surface area contributed by atoms with Crippen molar-refractivity contribution in [1.29, 1.82) is 0 Å². The quantitative estimate of drug-likeness (QED) is 0.714. The van der Waals surface area contributed by atoms with Crippen LogP contribution in [-0.4, -0.2) is 52.7 Å². The van der Waals surface area contributed by atoms with Crippen LogP contribution in [0.25, 0.3) is 0 Å². The summed E-state index contributed by atoms with van der Waals surface area (Å²) in [5.74, 6) is 2.27. The van der Waals surface area contributed by atoms with E-state index < -0.39 is 5.60 Å². The largest absolute Gasteiger partial charge is 0.444 e. The van der Waals surface area contributed by atoms with Gasteiger partial charge in [-0.1, -0.05) is 0 Å². The van der Waals surface area contributed by atoms with Crippen molar-refractivity contribution >= 4 is 28.0 Å². The number of amides is 1. The lowest BCUT2D eigenvalue weighted by Crippen LogP contribution is -2.44. The zero-order chi connectivity index (χ0) is 18.7. The molecule has 2 aliphatic heterocycles. The van der Waals surface area contributed by atoms with Crippen molar-refractivity contribution in [2.24, 2.45) is 11.8 Å². The Morgan fingerprint density at radius 3 is 2.04 bits per heavy atom. The van der Waals surface area contributed by atoms with Crippen molar-refractivity contribution < 1.29 is 9.53 Å². The van der Waals surface area contributed by atoms with Gasteiger partial charge in [0.15, 0.2) is 0 Å². The molecule has 0 aliphatic carbocycles. The van der Waals surface area contributed by atoms with Gasteiger partial charge in [0.2, 0.25) is 5.95 Å². The van der Waals surface area contributed by atoms with Gasteiger partial charge in [-0.25, -0.2) is 14.8 Å². The number of hydrogen-bond acceptors (Lipinski definition) is 5. The summed E-state index contributed by atoms with van der Waals surface area (Å²) in [6, 6.07) is 0. The summed E-state index contributed by atoms with van der Waals surface area (Å²) in [6.07, 6.45) is 7.96. The van der Waals surface area contributed by atoms with Gasteiger partial charge in [0, 0.05) is 38.6 Å². The van der Waals surface area contributed by atoms with Gasteiger partial charge < -0.3 is 14.5 Å². The molecule has 144 valence electrons. The maximum Gasteiger partial charge on any atom is 0.410 e. The molecule has 6 nitrogen and oxygen atoms in total. The van der Waals surface area contributed by atoms with E-state index in [0.717, 1.165) is 55.4 Å². The van der Waals surface area contributed by atoms with Crippen LogP contribution in [0, 0.1) is 11.8 Å². The number of hydrogen-bond donors (Lipinski definition) is 0. The second kappa shape index (κ2) is 8.11. The zero-order valence-corrected chi connectivity index (χ0v) is 17.5. The van der Waals surface area contributed by atoms with Crippen LogP contribution in [0.1, 0.15) is 46.5 Å². The molecule has 0 N–H and O–H groups in total. The summed E-state index contributed by atoms with van der Waals surface area (Å²) in [5.41, 5.74) is -0.421. The third-order valence-electron chi connectivity index (χ3n) is 5.29. The van der Waals surface area contributed by atoms with Crippen LogP contribution in [0.3, 0.4) is 0 Å². The molecule has 7 heteroatoms. The summed E-state index contributed by atoms with van der Waals surface area (Å²) < 4.78 is 6.40. The van der Waals surface area contributed by atoms with Crippen LogP contribution in [0.2, 0.25) is 0 Å². The predicted molar refractivity (Wildman–Crippen MR) is 105 cm³/mol. The molecule has 2 saturated heterocycles. The van der Waals surface area contributed by atoms with E-state index in [1.54, 1.807) is 12.4 Å². The Hall–Kier alpha value is -1.37. The first-order valence-corrected chi connectivity index (χ1v) is 10.3. The molecule has 1 amide bonds. The number of piperidine rings is 2. The van der Waals surface area contributed by atoms with E-state index in [9.17, 15) is 4.79 Å². The Labute approximate surface area is 164 Å². The normalized spacial score (nSPS) is 20.3. The Morgan fingerprint density at radius 2 is 1.54 bits per heavy atom. The van der Waals surface area contributed by atoms with Crippen molar-refractivity contribution in [1.82, 2.24) is 14.9 Å². The Kier molecular flexibility index (Phi) is 6.05. The topological polar surface area (TPSA) is 58.6 Å². The molecular formula is C19H29BrN4O2. The maximum absolute atomic E-state index is 12.2. The van der Waals surface area contributed by atoms with Crippen LogP contribution in [-0.2, 0) is 4.74 Å². The standard InChI is InChI=1S/C19H29BrN4O2/c1-19(2,3)26-18(25)24-10-6-15(7-11-24)14-4-8-23(9-5-14)17-21-12-16(20)13-22-17/h12-15H,4-11H2,1-3H3. The van der Waals surface area contributed by atoms with E-state index in [2.05, 4.69) is 30.8 Å². The minimum Gasteiger partial charge on any atom is -0.444 e. The minimum atomic E-state index is -0.421. The Bertz CT molecular complexity index is 601. The molecule has 2 aliphatic rings.